The number of aliphatic hydroxyl groups excluding tert-OH is 1. The van der Waals surface area contributed by atoms with Crippen LogP contribution in [-0.2, 0) is 13.0 Å². The Morgan fingerprint density at radius 2 is 1.95 bits per heavy atom. The SMILES string of the molecule is COc1ccc(Cc2cc(CO)nn2-c2ccccn2)cc1. The van der Waals surface area contributed by atoms with Crippen LogP contribution in [-0.4, -0.2) is 27.0 Å². The van der Waals surface area contributed by atoms with Crippen LogP contribution in [0.1, 0.15) is 17.0 Å². The molecule has 0 saturated heterocycles. The van der Waals surface area contributed by atoms with E-state index in [0.29, 0.717) is 12.1 Å². The van der Waals surface area contributed by atoms with E-state index in [1.165, 1.54) is 0 Å². The molecule has 0 radical (unpaired) electrons. The fourth-order valence-electron chi connectivity index (χ4n) is 2.31. The zero-order valence-electron chi connectivity index (χ0n) is 12.3. The van der Waals surface area contributed by atoms with E-state index < -0.39 is 0 Å². The van der Waals surface area contributed by atoms with E-state index in [1.54, 1.807) is 18.0 Å². The summed E-state index contributed by atoms with van der Waals surface area (Å²) in [6.07, 6.45) is 2.43. The fourth-order valence-corrected chi connectivity index (χ4v) is 2.31. The number of rotatable bonds is 5. The Kier molecular flexibility index (Phi) is 4.16. The minimum Gasteiger partial charge on any atom is -0.497 e. The smallest absolute Gasteiger partial charge is 0.153 e. The summed E-state index contributed by atoms with van der Waals surface area (Å²) >= 11 is 0. The summed E-state index contributed by atoms with van der Waals surface area (Å²) < 4.78 is 6.95. The molecule has 0 aliphatic rings. The summed E-state index contributed by atoms with van der Waals surface area (Å²) in [5.74, 6) is 1.57. The Bertz CT molecular complexity index is 736. The molecule has 112 valence electrons. The Hall–Kier alpha value is -2.66. The molecule has 0 fully saturated rings. The van der Waals surface area contributed by atoms with Crippen LogP contribution in [0.15, 0.2) is 54.7 Å². The van der Waals surface area contributed by atoms with Crippen molar-refractivity contribution in [1.82, 2.24) is 14.8 Å². The third-order valence-electron chi connectivity index (χ3n) is 3.41. The molecular weight excluding hydrogens is 278 g/mol. The van der Waals surface area contributed by atoms with Gasteiger partial charge in [0.25, 0.3) is 0 Å². The second-order valence-electron chi connectivity index (χ2n) is 4.91. The highest BCUT2D eigenvalue weighted by Crippen LogP contribution is 2.18. The molecule has 1 aromatic carbocycles. The number of hydrogen-bond donors (Lipinski definition) is 1. The van der Waals surface area contributed by atoms with Crippen LogP contribution >= 0.6 is 0 Å². The van der Waals surface area contributed by atoms with E-state index in [9.17, 15) is 5.11 Å². The molecule has 3 rings (SSSR count). The maximum Gasteiger partial charge on any atom is 0.153 e. The zero-order chi connectivity index (χ0) is 15.4. The van der Waals surface area contributed by atoms with Gasteiger partial charge in [-0.3, -0.25) is 0 Å². The normalized spacial score (nSPS) is 10.6. The van der Waals surface area contributed by atoms with Gasteiger partial charge in [-0.2, -0.15) is 5.10 Å². The van der Waals surface area contributed by atoms with Crippen LogP contribution in [0.2, 0.25) is 0 Å². The summed E-state index contributed by atoms with van der Waals surface area (Å²) in [6, 6.07) is 15.5. The number of pyridine rings is 1. The van der Waals surface area contributed by atoms with Crippen LogP contribution in [0, 0.1) is 0 Å². The summed E-state index contributed by atoms with van der Waals surface area (Å²) in [5, 5.41) is 13.8. The first-order valence-corrected chi connectivity index (χ1v) is 7.03. The lowest BCUT2D eigenvalue weighted by atomic mass is 10.1. The average molecular weight is 295 g/mol. The standard InChI is InChI=1S/C17H17N3O2/c1-22-16-7-5-13(6-8-16)10-15-11-14(12-21)19-20(15)17-4-2-3-9-18-17/h2-9,11,21H,10,12H2,1H3. The first kappa shape index (κ1) is 14.3. The number of aromatic nitrogens is 3. The van der Waals surface area contributed by atoms with E-state index >= 15 is 0 Å². The molecule has 3 aromatic rings. The maximum absolute atomic E-state index is 9.34. The van der Waals surface area contributed by atoms with Crippen molar-refractivity contribution in [3.63, 3.8) is 0 Å². The Balaban J connectivity index is 1.93. The first-order chi connectivity index (χ1) is 10.8. The Morgan fingerprint density at radius 3 is 2.59 bits per heavy atom. The third-order valence-corrected chi connectivity index (χ3v) is 3.41. The summed E-state index contributed by atoms with van der Waals surface area (Å²) in [7, 11) is 1.65. The van der Waals surface area contributed by atoms with Gasteiger partial charge < -0.3 is 9.84 Å². The second-order valence-corrected chi connectivity index (χ2v) is 4.91. The molecule has 2 aromatic heterocycles. The van der Waals surface area contributed by atoms with Gasteiger partial charge in [0, 0.05) is 12.6 Å². The summed E-state index contributed by atoms with van der Waals surface area (Å²) in [5.41, 5.74) is 2.75. The molecule has 0 atom stereocenters. The molecule has 0 aliphatic carbocycles. The van der Waals surface area contributed by atoms with Gasteiger partial charge in [-0.25, -0.2) is 9.67 Å². The van der Waals surface area contributed by atoms with Crippen molar-refractivity contribution in [2.75, 3.05) is 7.11 Å². The van der Waals surface area contributed by atoms with E-state index in [1.807, 2.05) is 48.5 Å². The van der Waals surface area contributed by atoms with Gasteiger partial charge in [-0.05, 0) is 35.9 Å². The molecule has 1 N–H and O–H groups in total. The number of hydrogen-bond acceptors (Lipinski definition) is 4. The van der Waals surface area contributed by atoms with E-state index in [4.69, 9.17) is 4.74 Å². The summed E-state index contributed by atoms with van der Waals surface area (Å²) in [4.78, 5) is 4.33. The van der Waals surface area contributed by atoms with Crippen LogP contribution in [0.5, 0.6) is 5.75 Å². The van der Waals surface area contributed by atoms with Gasteiger partial charge in [0.1, 0.15) is 5.75 Å². The molecule has 0 amide bonds. The van der Waals surface area contributed by atoms with Crippen LogP contribution < -0.4 is 4.74 Å². The molecule has 0 unspecified atom stereocenters. The largest absolute Gasteiger partial charge is 0.497 e. The summed E-state index contributed by atoms with van der Waals surface area (Å²) in [6.45, 7) is -0.0879. The molecule has 5 nitrogen and oxygen atoms in total. The number of aliphatic hydroxyl groups is 1. The lowest BCUT2D eigenvalue weighted by molar-refractivity contribution is 0.276. The van der Waals surface area contributed by atoms with Crippen LogP contribution in [0.3, 0.4) is 0 Å². The molecule has 0 bridgehead atoms. The molecule has 5 heteroatoms. The van der Waals surface area contributed by atoms with Gasteiger partial charge in [-0.1, -0.05) is 18.2 Å². The Morgan fingerprint density at radius 1 is 1.14 bits per heavy atom. The lowest BCUT2D eigenvalue weighted by Crippen LogP contribution is -2.05. The number of ether oxygens (including phenoxy) is 1. The van der Waals surface area contributed by atoms with Crippen molar-refractivity contribution in [3.05, 3.63) is 71.7 Å². The quantitative estimate of drug-likeness (QED) is 0.785. The van der Waals surface area contributed by atoms with Crippen molar-refractivity contribution < 1.29 is 9.84 Å². The van der Waals surface area contributed by atoms with Crippen LogP contribution in [0.4, 0.5) is 0 Å². The van der Waals surface area contributed by atoms with Crippen LogP contribution in [0.25, 0.3) is 5.82 Å². The highest BCUT2D eigenvalue weighted by atomic mass is 16.5. The number of benzene rings is 1. The molecule has 22 heavy (non-hydrogen) atoms. The van der Waals surface area contributed by atoms with Gasteiger partial charge >= 0.3 is 0 Å². The zero-order valence-corrected chi connectivity index (χ0v) is 12.3. The molecule has 0 saturated carbocycles. The van der Waals surface area contributed by atoms with Gasteiger partial charge in [-0.15, -0.1) is 0 Å². The third kappa shape index (κ3) is 2.99. The highest BCUT2D eigenvalue weighted by Gasteiger charge is 2.10. The molecule has 2 heterocycles. The van der Waals surface area contributed by atoms with Gasteiger partial charge in [0.05, 0.1) is 25.1 Å². The van der Waals surface area contributed by atoms with Crippen molar-refractivity contribution in [3.8, 4) is 11.6 Å². The maximum atomic E-state index is 9.34. The average Bonchev–Trinajstić information content (AvgIpc) is 2.99. The van der Waals surface area contributed by atoms with Crippen molar-refractivity contribution in [2.45, 2.75) is 13.0 Å². The van der Waals surface area contributed by atoms with E-state index in [2.05, 4.69) is 10.1 Å². The molecular formula is C17H17N3O2. The minimum atomic E-state index is -0.0879. The van der Waals surface area contributed by atoms with Crippen molar-refractivity contribution >= 4 is 0 Å². The van der Waals surface area contributed by atoms with Crippen molar-refractivity contribution in [1.29, 1.82) is 0 Å². The number of nitrogens with zero attached hydrogens (tertiary/aromatic N) is 3. The monoisotopic (exact) mass is 295 g/mol. The second kappa shape index (κ2) is 6.41. The Labute approximate surface area is 128 Å². The van der Waals surface area contributed by atoms with E-state index in [0.717, 1.165) is 22.8 Å². The minimum absolute atomic E-state index is 0.0879. The van der Waals surface area contributed by atoms with Gasteiger partial charge in [0.15, 0.2) is 5.82 Å². The lowest BCUT2D eigenvalue weighted by Gasteiger charge is -2.07. The predicted octanol–water partition coefficient (Wildman–Crippen LogP) is 2.36. The fraction of sp³-hybridized carbons (Fsp3) is 0.176. The van der Waals surface area contributed by atoms with E-state index in [-0.39, 0.29) is 6.61 Å². The predicted molar refractivity (Wildman–Crippen MR) is 83.1 cm³/mol. The highest BCUT2D eigenvalue weighted by molar-refractivity contribution is 5.33. The molecule has 0 aliphatic heterocycles. The van der Waals surface area contributed by atoms with Gasteiger partial charge in [0.2, 0.25) is 0 Å². The molecule has 0 spiro atoms. The van der Waals surface area contributed by atoms with Crippen molar-refractivity contribution in [2.24, 2.45) is 0 Å². The number of methoxy groups -OCH3 is 1. The topological polar surface area (TPSA) is 60.2 Å². The first-order valence-electron chi connectivity index (χ1n) is 7.03.